The van der Waals surface area contributed by atoms with Crippen LogP contribution in [0.1, 0.15) is 22.4 Å². The van der Waals surface area contributed by atoms with Gasteiger partial charge in [0.05, 0.1) is 16.3 Å². The average molecular weight is 562 g/mol. The molecule has 4 aromatic carbocycles. The van der Waals surface area contributed by atoms with Crippen LogP contribution in [-0.2, 0) is 29.3 Å². The first-order valence-corrected chi connectivity index (χ1v) is 14.0. The standard InChI is InChI=1S/C31H26F3N3O2S/c1-23-12-14-26(15-13-23)29-20-30(31(32,33)34)35-37(29)27-16-18-28(19-17-27)40(38,39)36(21-24-8-4-2-5-9-24)22-25-10-6-3-7-11-25/h2-20H,21-22H2,1H3. The van der Waals surface area contributed by atoms with Gasteiger partial charge in [0, 0.05) is 18.7 Å². The number of halogens is 3. The second-order valence-electron chi connectivity index (χ2n) is 9.43. The Hall–Kier alpha value is -4.21. The zero-order valence-corrected chi connectivity index (χ0v) is 22.4. The van der Waals surface area contributed by atoms with E-state index in [-0.39, 0.29) is 23.7 Å². The van der Waals surface area contributed by atoms with E-state index >= 15 is 0 Å². The first kappa shape index (κ1) is 27.4. The molecule has 40 heavy (non-hydrogen) atoms. The Labute approximate surface area is 231 Å². The van der Waals surface area contributed by atoms with Crippen molar-refractivity contribution >= 4 is 10.0 Å². The van der Waals surface area contributed by atoms with Crippen LogP contribution in [0.3, 0.4) is 0 Å². The van der Waals surface area contributed by atoms with Crippen LogP contribution in [0.2, 0.25) is 0 Å². The van der Waals surface area contributed by atoms with Gasteiger partial charge < -0.3 is 0 Å². The lowest BCUT2D eigenvalue weighted by atomic mass is 10.1. The topological polar surface area (TPSA) is 55.2 Å². The summed E-state index contributed by atoms with van der Waals surface area (Å²) in [5.74, 6) is 0. The highest BCUT2D eigenvalue weighted by atomic mass is 32.2. The first-order chi connectivity index (χ1) is 19.1. The Bertz CT molecular complexity index is 1640. The molecule has 5 rings (SSSR count). The number of rotatable bonds is 8. The van der Waals surface area contributed by atoms with Gasteiger partial charge in [-0.2, -0.15) is 22.6 Å². The molecule has 0 bridgehead atoms. The van der Waals surface area contributed by atoms with Crippen LogP contribution in [0.5, 0.6) is 0 Å². The summed E-state index contributed by atoms with van der Waals surface area (Å²) in [4.78, 5) is 0.0307. The molecule has 0 aliphatic rings. The molecule has 0 saturated heterocycles. The highest BCUT2D eigenvalue weighted by Gasteiger charge is 2.35. The summed E-state index contributed by atoms with van der Waals surface area (Å²) in [5.41, 5.74) is 2.71. The van der Waals surface area contributed by atoms with Crippen molar-refractivity contribution in [3.05, 3.63) is 138 Å². The molecule has 0 aliphatic heterocycles. The van der Waals surface area contributed by atoms with E-state index in [0.717, 1.165) is 22.8 Å². The Kier molecular flexibility index (Phi) is 7.60. The molecule has 0 radical (unpaired) electrons. The minimum Gasteiger partial charge on any atom is -0.233 e. The summed E-state index contributed by atoms with van der Waals surface area (Å²) in [7, 11) is -3.96. The van der Waals surface area contributed by atoms with Crippen molar-refractivity contribution in [2.75, 3.05) is 0 Å². The summed E-state index contributed by atoms with van der Waals surface area (Å²) in [6.45, 7) is 2.21. The number of aryl methyl sites for hydroxylation is 1. The van der Waals surface area contributed by atoms with Gasteiger partial charge in [0.2, 0.25) is 10.0 Å². The molecular weight excluding hydrogens is 535 g/mol. The third-order valence-electron chi connectivity index (χ3n) is 6.47. The molecule has 0 N–H and O–H groups in total. The fourth-order valence-electron chi connectivity index (χ4n) is 4.35. The van der Waals surface area contributed by atoms with Crippen LogP contribution >= 0.6 is 0 Å². The van der Waals surface area contributed by atoms with Crippen molar-refractivity contribution in [1.82, 2.24) is 14.1 Å². The third-order valence-corrected chi connectivity index (χ3v) is 8.28. The molecule has 9 heteroatoms. The summed E-state index contributed by atoms with van der Waals surface area (Å²) in [6.07, 6.45) is -4.64. The minimum atomic E-state index is -4.64. The number of nitrogens with zero attached hydrogens (tertiary/aromatic N) is 3. The van der Waals surface area contributed by atoms with Crippen molar-refractivity contribution < 1.29 is 21.6 Å². The molecule has 0 spiro atoms. The second kappa shape index (κ2) is 11.1. The van der Waals surface area contributed by atoms with Gasteiger partial charge in [-0.3, -0.25) is 0 Å². The number of benzene rings is 4. The third kappa shape index (κ3) is 6.00. The highest BCUT2D eigenvalue weighted by molar-refractivity contribution is 7.89. The van der Waals surface area contributed by atoms with Crippen LogP contribution in [-0.4, -0.2) is 22.5 Å². The van der Waals surface area contributed by atoms with Gasteiger partial charge in [0.25, 0.3) is 0 Å². The largest absolute Gasteiger partial charge is 0.435 e. The lowest BCUT2D eigenvalue weighted by molar-refractivity contribution is -0.141. The number of sulfonamides is 1. The van der Waals surface area contributed by atoms with E-state index in [9.17, 15) is 21.6 Å². The maximum atomic E-state index is 13.8. The van der Waals surface area contributed by atoms with Crippen LogP contribution in [0.4, 0.5) is 13.2 Å². The number of hydrogen-bond acceptors (Lipinski definition) is 3. The molecule has 5 aromatic rings. The molecule has 1 heterocycles. The number of alkyl halides is 3. The van der Waals surface area contributed by atoms with Crippen molar-refractivity contribution in [2.45, 2.75) is 31.1 Å². The van der Waals surface area contributed by atoms with E-state index in [1.807, 2.05) is 79.7 Å². The monoisotopic (exact) mass is 561 g/mol. The molecule has 0 fully saturated rings. The minimum absolute atomic E-state index is 0.0307. The van der Waals surface area contributed by atoms with Crippen molar-refractivity contribution in [2.24, 2.45) is 0 Å². The summed E-state index contributed by atoms with van der Waals surface area (Å²) in [5, 5.41) is 3.82. The number of aromatic nitrogens is 2. The van der Waals surface area contributed by atoms with Crippen LogP contribution < -0.4 is 0 Å². The quantitative estimate of drug-likeness (QED) is 0.200. The lowest BCUT2D eigenvalue weighted by Crippen LogP contribution is -2.30. The van der Waals surface area contributed by atoms with Gasteiger partial charge in [-0.1, -0.05) is 90.5 Å². The van der Waals surface area contributed by atoms with E-state index in [1.54, 1.807) is 12.1 Å². The molecule has 0 amide bonds. The number of hydrogen-bond donors (Lipinski definition) is 0. The zero-order valence-electron chi connectivity index (χ0n) is 21.6. The maximum Gasteiger partial charge on any atom is 0.435 e. The van der Waals surface area contributed by atoms with E-state index in [4.69, 9.17) is 0 Å². The van der Waals surface area contributed by atoms with Crippen molar-refractivity contribution in [3.8, 4) is 16.9 Å². The summed E-state index contributed by atoms with van der Waals surface area (Å²) in [6, 6.07) is 32.4. The molecule has 0 atom stereocenters. The second-order valence-corrected chi connectivity index (χ2v) is 11.4. The van der Waals surface area contributed by atoms with Crippen LogP contribution in [0.15, 0.2) is 120 Å². The Morgan fingerprint density at radius 2 is 1.27 bits per heavy atom. The first-order valence-electron chi connectivity index (χ1n) is 12.5. The molecule has 204 valence electrons. The molecule has 0 aliphatic carbocycles. The maximum absolute atomic E-state index is 13.8. The van der Waals surface area contributed by atoms with Gasteiger partial charge in [-0.25, -0.2) is 13.1 Å². The van der Waals surface area contributed by atoms with Gasteiger partial charge in [0.1, 0.15) is 0 Å². The Balaban J connectivity index is 1.51. The van der Waals surface area contributed by atoms with Crippen molar-refractivity contribution in [1.29, 1.82) is 0 Å². The molecule has 1 aromatic heterocycles. The van der Waals surface area contributed by atoms with E-state index in [1.165, 1.54) is 33.3 Å². The molecule has 0 unspecified atom stereocenters. The smallest absolute Gasteiger partial charge is 0.233 e. The predicted octanol–water partition coefficient (Wildman–Crippen LogP) is 7.26. The Morgan fingerprint density at radius 1 is 0.750 bits per heavy atom. The fourth-order valence-corrected chi connectivity index (χ4v) is 5.77. The van der Waals surface area contributed by atoms with E-state index in [0.29, 0.717) is 11.3 Å². The SMILES string of the molecule is Cc1ccc(-c2cc(C(F)(F)F)nn2-c2ccc(S(=O)(=O)N(Cc3ccccc3)Cc3ccccc3)cc2)cc1. The highest BCUT2D eigenvalue weighted by Crippen LogP contribution is 2.33. The van der Waals surface area contributed by atoms with Crippen LogP contribution in [0, 0.1) is 6.92 Å². The average Bonchev–Trinajstić information content (AvgIpc) is 3.41. The zero-order chi connectivity index (χ0) is 28.3. The Morgan fingerprint density at radius 3 is 1.77 bits per heavy atom. The van der Waals surface area contributed by atoms with E-state index in [2.05, 4.69) is 5.10 Å². The fraction of sp³-hybridized carbons (Fsp3) is 0.129. The van der Waals surface area contributed by atoms with Gasteiger partial charge >= 0.3 is 6.18 Å². The van der Waals surface area contributed by atoms with Crippen LogP contribution in [0.25, 0.3) is 16.9 Å². The molecule has 0 saturated carbocycles. The van der Waals surface area contributed by atoms with E-state index < -0.39 is 21.9 Å². The van der Waals surface area contributed by atoms with Gasteiger partial charge in [0.15, 0.2) is 5.69 Å². The van der Waals surface area contributed by atoms with Crippen molar-refractivity contribution in [3.63, 3.8) is 0 Å². The predicted molar refractivity (Wildman–Crippen MR) is 148 cm³/mol. The summed E-state index contributed by atoms with van der Waals surface area (Å²) < 4.78 is 70.9. The van der Waals surface area contributed by atoms with Gasteiger partial charge in [-0.05, 0) is 48.4 Å². The molecular formula is C31H26F3N3O2S. The summed E-state index contributed by atoms with van der Waals surface area (Å²) >= 11 is 0. The normalized spacial score (nSPS) is 12.1. The van der Waals surface area contributed by atoms with Gasteiger partial charge in [-0.15, -0.1) is 0 Å². The molecule has 5 nitrogen and oxygen atoms in total. The lowest BCUT2D eigenvalue weighted by Gasteiger charge is -2.23.